The molecule has 0 bridgehead atoms. The lowest BCUT2D eigenvalue weighted by Crippen LogP contribution is -2.12. The van der Waals surface area contributed by atoms with Gasteiger partial charge < -0.3 is 15.6 Å². The summed E-state index contributed by atoms with van der Waals surface area (Å²) in [5.41, 5.74) is 6.89. The van der Waals surface area contributed by atoms with Crippen LogP contribution in [0.2, 0.25) is 5.02 Å². The van der Waals surface area contributed by atoms with Crippen molar-refractivity contribution >= 4 is 17.4 Å². The molecular weight excluding hydrogens is 276 g/mol. The van der Waals surface area contributed by atoms with E-state index in [1.165, 1.54) is 0 Å². The van der Waals surface area contributed by atoms with Crippen molar-refractivity contribution < 1.29 is 9.84 Å². The number of para-hydroxylation sites is 1. The number of nitrogen functional groups attached to an aromatic ring is 1. The second-order valence-electron chi connectivity index (χ2n) is 4.24. The summed E-state index contributed by atoms with van der Waals surface area (Å²) in [5.74, 6) is 0.956. The Bertz CT molecular complexity index is 629. The lowest BCUT2D eigenvalue weighted by atomic mass is 10.1. The maximum absolute atomic E-state index is 9.07. The van der Waals surface area contributed by atoms with E-state index in [4.69, 9.17) is 32.6 Å². The van der Waals surface area contributed by atoms with Gasteiger partial charge in [-0.3, -0.25) is 5.41 Å². The number of hydrogen-bond donors (Lipinski definition) is 3. The molecule has 2 rings (SSSR count). The molecule has 0 unspecified atom stereocenters. The van der Waals surface area contributed by atoms with Crippen molar-refractivity contribution in [1.29, 1.82) is 5.41 Å². The fourth-order valence-corrected chi connectivity index (χ4v) is 2.01. The van der Waals surface area contributed by atoms with E-state index in [0.29, 0.717) is 28.5 Å². The highest BCUT2D eigenvalue weighted by Crippen LogP contribution is 2.30. The second kappa shape index (κ2) is 6.41. The van der Waals surface area contributed by atoms with Crippen LogP contribution in [0.15, 0.2) is 42.5 Å². The summed E-state index contributed by atoms with van der Waals surface area (Å²) in [4.78, 5) is 0. The van der Waals surface area contributed by atoms with Crippen LogP contribution in [0, 0.1) is 5.41 Å². The van der Waals surface area contributed by atoms with Crippen molar-refractivity contribution in [3.8, 4) is 11.5 Å². The zero-order valence-corrected chi connectivity index (χ0v) is 11.5. The quantitative estimate of drug-likeness (QED) is 0.585. The van der Waals surface area contributed by atoms with Crippen LogP contribution in [-0.4, -0.2) is 17.5 Å². The van der Waals surface area contributed by atoms with Crippen molar-refractivity contribution in [2.24, 2.45) is 5.73 Å². The number of nitrogens with one attached hydrogen (secondary N) is 1. The third-order valence-corrected chi connectivity index (χ3v) is 3.04. The van der Waals surface area contributed by atoms with Crippen LogP contribution >= 0.6 is 11.6 Å². The average Bonchev–Trinajstić information content (AvgIpc) is 2.41. The maximum Gasteiger partial charge on any atom is 0.139 e. The Morgan fingerprint density at radius 1 is 1.20 bits per heavy atom. The molecule has 0 amide bonds. The molecule has 0 saturated heterocycles. The van der Waals surface area contributed by atoms with Gasteiger partial charge in [-0.15, -0.1) is 0 Å². The van der Waals surface area contributed by atoms with Gasteiger partial charge in [0.25, 0.3) is 0 Å². The van der Waals surface area contributed by atoms with Crippen molar-refractivity contribution in [1.82, 2.24) is 0 Å². The molecule has 0 aliphatic carbocycles. The fourth-order valence-electron chi connectivity index (χ4n) is 1.85. The van der Waals surface area contributed by atoms with Crippen LogP contribution in [0.25, 0.3) is 0 Å². The third kappa shape index (κ3) is 3.29. The molecule has 0 heterocycles. The Morgan fingerprint density at radius 3 is 2.65 bits per heavy atom. The van der Waals surface area contributed by atoms with Crippen molar-refractivity contribution in [2.75, 3.05) is 6.61 Å². The van der Waals surface area contributed by atoms with Gasteiger partial charge in [0, 0.05) is 17.7 Å². The molecule has 4 nitrogen and oxygen atoms in total. The molecule has 4 N–H and O–H groups in total. The molecule has 5 heteroatoms. The van der Waals surface area contributed by atoms with Crippen LogP contribution in [0.4, 0.5) is 0 Å². The van der Waals surface area contributed by atoms with E-state index >= 15 is 0 Å². The zero-order valence-electron chi connectivity index (χ0n) is 10.8. The van der Waals surface area contributed by atoms with Crippen LogP contribution in [0.1, 0.15) is 11.1 Å². The molecule has 104 valence electrons. The first-order valence-corrected chi connectivity index (χ1v) is 6.50. The summed E-state index contributed by atoms with van der Waals surface area (Å²) in [7, 11) is 0. The van der Waals surface area contributed by atoms with E-state index < -0.39 is 0 Å². The monoisotopic (exact) mass is 290 g/mol. The minimum Gasteiger partial charge on any atom is -0.456 e. The third-order valence-electron chi connectivity index (χ3n) is 2.81. The highest BCUT2D eigenvalue weighted by molar-refractivity contribution is 6.30. The second-order valence-corrected chi connectivity index (χ2v) is 4.67. The first-order chi connectivity index (χ1) is 9.61. The number of aliphatic hydroxyl groups excluding tert-OH is 1. The van der Waals surface area contributed by atoms with Gasteiger partial charge in [0.15, 0.2) is 0 Å². The topological polar surface area (TPSA) is 79.3 Å². The van der Waals surface area contributed by atoms with Gasteiger partial charge in [-0.1, -0.05) is 29.8 Å². The summed E-state index contributed by atoms with van der Waals surface area (Å²) >= 11 is 5.96. The van der Waals surface area contributed by atoms with Gasteiger partial charge in [0.1, 0.15) is 17.3 Å². The number of hydrogen-bond acceptors (Lipinski definition) is 3. The molecular formula is C15H15ClN2O2. The van der Waals surface area contributed by atoms with E-state index in [1.807, 2.05) is 18.2 Å². The summed E-state index contributed by atoms with van der Waals surface area (Å²) in [5, 5.41) is 17.1. The molecule has 0 aliphatic heterocycles. The number of halogens is 1. The number of nitrogens with two attached hydrogens (primary N) is 1. The Kier molecular flexibility index (Phi) is 4.61. The summed E-state index contributed by atoms with van der Waals surface area (Å²) in [6, 6.07) is 12.3. The van der Waals surface area contributed by atoms with E-state index in [0.717, 1.165) is 5.56 Å². The van der Waals surface area contributed by atoms with Crippen LogP contribution < -0.4 is 10.5 Å². The molecule has 0 saturated carbocycles. The van der Waals surface area contributed by atoms with E-state index in [1.54, 1.807) is 24.3 Å². The number of rotatable bonds is 5. The van der Waals surface area contributed by atoms with Crippen LogP contribution in [-0.2, 0) is 6.42 Å². The van der Waals surface area contributed by atoms with E-state index in [2.05, 4.69) is 0 Å². The highest BCUT2D eigenvalue weighted by atomic mass is 35.5. The number of ether oxygens (including phenoxy) is 1. The SMILES string of the molecule is N=C(N)c1ccc(Cl)cc1Oc1ccccc1CCO. The predicted molar refractivity (Wildman–Crippen MR) is 79.8 cm³/mol. The standard InChI is InChI=1S/C15H15ClN2O2/c16-11-5-6-12(15(17)18)14(9-11)20-13-4-2-1-3-10(13)7-8-19/h1-6,9,19H,7-8H2,(H3,17,18). The lowest BCUT2D eigenvalue weighted by Gasteiger charge is -2.13. The molecule has 0 atom stereocenters. The Morgan fingerprint density at radius 2 is 1.95 bits per heavy atom. The Hall–Kier alpha value is -2.04. The molecule has 20 heavy (non-hydrogen) atoms. The largest absolute Gasteiger partial charge is 0.456 e. The van der Waals surface area contributed by atoms with Gasteiger partial charge in [-0.05, 0) is 30.2 Å². The molecule has 2 aromatic rings. The van der Waals surface area contributed by atoms with Gasteiger partial charge >= 0.3 is 0 Å². The Balaban J connectivity index is 2.39. The predicted octanol–water partition coefficient (Wildman–Crippen LogP) is 2.95. The van der Waals surface area contributed by atoms with Crippen molar-refractivity contribution in [3.05, 3.63) is 58.6 Å². The van der Waals surface area contributed by atoms with Gasteiger partial charge in [-0.2, -0.15) is 0 Å². The van der Waals surface area contributed by atoms with Gasteiger partial charge in [0.2, 0.25) is 0 Å². The van der Waals surface area contributed by atoms with Crippen LogP contribution in [0.3, 0.4) is 0 Å². The smallest absolute Gasteiger partial charge is 0.139 e. The molecule has 0 radical (unpaired) electrons. The molecule has 2 aromatic carbocycles. The summed E-state index contributed by atoms with van der Waals surface area (Å²) in [6.45, 7) is 0.0372. The molecule has 0 aromatic heterocycles. The highest BCUT2D eigenvalue weighted by Gasteiger charge is 2.11. The number of benzene rings is 2. The zero-order chi connectivity index (χ0) is 14.5. The number of aliphatic hydroxyl groups is 1. The average molecular weight is 291 g/mol. The van der Waals surface area contributed by atoms with Crippen molar-refractivity contribution in [2.45, 2.75) is 6.42 Å². The van der Waals surface area contributed by atoms with Gasteiger partial charge in [0.05, 0.1) is 5.56 Å². The van der Waals surface area contributed by atoms with E-state index in [-0.39, 0.29) is 12.4 Å². The first kappa shape index (κ1) is 14.4. The summed E-state index contributed by atoms with van der Waals surface area (Å²) in [6.07, 6.45) is 0.492. The first-order valence-electron chi connectivity index (χ1n) is 6.12. The maximum atomic E-state index is 9.07. The Labute approximate surface area is 122 Å². The van der Waals surface area contributed by atoms with Gasteiger partial charge in [-0.25, -0.2) is 0 Å². The minimum absolute atomic E-state index is 0.0372. The molecule has 0 fully saturated rings. The van der Waals surface area contributed by atoms with Crippen molar-refractivity contribution in [3.63, 3.8) is 0 Å². The fraction of sp³-hybridized carbons (Fsp3) is 0.133. The normalized spacial score (nSPS) is 10.3. The van der Waals surface area contributed by atoms with E-state index in [9.17, 15) is 0 Å². The van der Waals surface area contributed by atoms with Crippen LogP contribution in [0.5, 0.6) is 11.5 Å². The number of amidine groups is 1. The minimum atomic E-state index is -0.0868. The molecule has 0 aliphatic rings. The summed E-state index contributed by atoms with van der Waals surface area (Å²) < 4.78 is 5.82. The lowest BCUT2D eigenvalue weighted by molar-refractivity contribution is 0.298. The molecule has 0 spiro atoms.